The number of nitrogens with one attached hydrogen (secondary N) is 1. The van der Waals surface area contributed by atoms with Gasteiger partial charge < -0.3 is 15.8 Å². The van der Waals surface area contributed by atoms with Gasteiger partial charge in [-0.15, -0.1) is 0 Å². The van der Waals surface area contributed by atoms with Crippen LogP contribution in [0.25, 0.3) is 0 Å². The van der Waals surface area contributed by atoms with Crippen LogP contribution >= 0.6 is 11.6 Å². The van der Waals surface area contributed by atoms with Gasteiger partial charge in [-0.25, -0.2) is 0 Å². The molecule has 0 amide bonds. The third-order valence-corrected chi connectivity index (χ3v) is 3.16. The Labute approximate surface area is 118 Å². The van der Waals surface area contributed by atoms with Crippen molar-refractivity contribution in [3.05, 3.63) is 53.1 Å². The van der Waals surface area contributed by atoms with Crippen LogP contribution in [0.15, 0.2) is 42.5 Å². The Balaban J connectivity index is 2.12. The highest BCUT2D eigenvalue weighted by Crippen LogP contribution is 2.30. The van der Waals surface area contributed by atoms with E-state index in [1.807, 2.05) is 49.4 Å². The molecular weight excluding hydrogens is 260 g/mol. The summed E-state index contributed by atoms with van der Waals surface area (Å²) in [5, 5.41) is 4.02. The average Bonchev–Trinajstić information content (AvgIpc) is 2.42. The van der Waals surface area contributed by atoms with Crippen LogP contribution in [-0.4, -0.2) is 6.61 Å². The number of nitrogen functional groups attached to an aromatic ring is 1. The summed E-state index contributed by atoms with van der Waals surface area (Å²) in [5.74, 6) is 0.701. The Morgan fingerprint density at radius 3 is 2.68 bits per heavy atom. The molecule has 0 radical (unpaired) electrons. The average molecular weight is 277 g/mol. The second kappa shape index (κ2) is 6.34. The quantitative estimate of drug-likeness (QED) is 0.814. The minimum atomic E-state index is 0.595. The number of anilines is 2. The van der Waals surface area contributed by atoms with Gasteiger partial charge in [-0.3, -0.25) is 0 Å². The third kappa shape index (κ3) is 3.32. The Morgan fingerprint density at radius 1 is 1.16 bits per heavy atom. The van der Waals surface area contributed by atoms with Crippen molar-refractivity contribution in [1.82, 2.24) is 0 Å². The van der Waals surface area contributed by atoms with Crippen molar-refractivity contribution in [2.45, 2.75) is 13.5 Å². The lowest BCUT2D eigenvalue weighted by molar-refractivity contribution is 0.342. The molecule has 100 valence electrons. The predicted molar refractivity (Wildman–Crippen MR) is 80.8 cm³/mol. The first-order chi connectivity index (χ1) is 9.22. The lowest BCUT2D eigenvalue weighted by atomic mass is 10.2. The first kappa shape index (κ1) is 13.6. The summed E-state index contributed by atoms with van der Waals surface area (Å²) in [6, 6.07) is 13.4. The second-order valence-corrected chi connectivity index (χ2v) is 4.50. The van der Waals surface area contributed by atoms with E-state index in [1.165, 1.54) is 0 Å². The largest absolute Gasteiger partial charge is 0.492 e. The van der Waals surface area contributed by atoms with Gasteiger partial charge in [0.1, 0.15) is 5.75 Å². The van der Waals surface area contributed by atoms with Crippen LogP contribution in [0.5, 0.6) is 5.75 Å². The highest BCUT2D eigenvalue weighted by molar-refractivity contribution is 6.31. The zero-order valence-electron chi connectivity index (χ0n) is 10.8. The zero-order valence-corrected chi connectivity index (χ0v) is 11.6. The summed E-state index contributed by atoms with van der Waals surface area (Å²) in [6.45, 7) is 3.15. The number of para-hydroxylation sites is 1. The molecule has 0 unspecified atom stereocenters. The van der Waals surface area contributed by atoms with Crippen LogP contribution in [0.2, 0.25) is 5.02 Å². The van der Waals surface area contributed by atoms with Crippen molar-refractivity contribution in [3.63, 3.8) is 0 Å². The molecule has 2 aromatic rings. The molecule has 2 rings (SSSR count). The topological polar surface area (TPSA) is 47.3 Å². The van der Waals surface area contributed by atoms with E-state index in [2.05, 4.69) is 5.32 Å². The van der Waals surface area contributed by atoms with Crippen molar-refractivity contribution in [2.24, 2.45) is 0 Å². The van der Waals surface area contributed by atoms with Gasteiger partial charge in [0.05, 0.1) is 18.0 Å². The van der Waals surface area contributed by atoms with Crippen molar-refractivity contribution in [3.8, 4) is 5.75 Å². The number of rotatable bonds is 5. The van der Waals surface area contributed by atoms with E-state index < -0.39 is 0 Å². The molecule has 0 saturated carbocycles. The number of halogens is 1. The molecule has 3 nitrogen and oxygen atoms in total. The van der Waals surface area contributed by atoms with Gasteiger partial charge in [-0.05, 0) is 30.7 Å². The molecule has 0 aliphatic heterocycles. The molecule has 2 aromatic carbocycles. The van der Waals surface area contributed by atoms with Gasteiger partial charge in [0.25, 0.3) is 0 Å². The maximum atomic E-state index is 6.12. The van der Waals surface area contributed by atoms with E-state index in [0.717, 1.165) is 16.3 Å². The number of nitrogens with two attached hydrogens (primary N) is 1. The highest BCUT2D eigenvalue weighted by atomic mass is 35.5. The van der Waals surface area contributed by atoms with E-state index in [9.17, 15) is 0 Å². The minimum absolute atomic E-state index is 0.595. The fraction of sp³-hybridized carbons (Fsp3) is 0.200. The standard InChI is InChI=1S/C15H17ClN2O/c1-2-19-14-9-5-8-13(15(14)17)18-10-11-6-3-4-7-12(11)16/h3-9,18H,2,10,17H2,1H3. The summed E-state index contributed by atoms with van der Waals surface area (Å²) < 4.78 is 5.46. The molecular formula is C15H17ClN2O. The van der Waals surface area contributed by atoms with Crippen LogP contribution in [0, 0.1) is 0 Å². The Hall–Kier alpha value is -1.87. The molecule has 0 bridgehead atoms. The van der Waals surface area contributed by atoms with Crippen molar-refractivity contribution >= 4 is 23.0 Å². The van der Waals surface area contributed by atoms with Crippen molar-refractivity contribution < 1.29 is 4.74 Å². The zero-order chi connectivity index (χ0) is 13.7. The third-order valence-electron chi connectivity index (χ3n) is 2.79. The molecule has 0 aliphatic carbocycles. The summed E-state index contributed by atoms with van der Waals surface area (Å²) in [5.41, 5.74) is 8.56. The first-order valence-corrected chi connectivity index (χ1v) is 6.58. The molecule has 0 aliphatic rings. The smallest absolute Gasteiger partial charge is 0.144 e. The normalized spacial score (nSPS) is 10.2. The first-order valence-electron chi connectivity index (χ1n) is 6.21. The van der Waals surface area contributed by atoms with Crippen molar-refractivity contribution in [2.75, 3.05) is 17.7 Å². The van der Waals surface area contributed by atoms with Crippen LogP contribution < -0.4 is 15.8 Å². The molecule has 0 spiro atoms. The maximum absolute atomic E-state index is 6.12. The Morgan fingerprint density at radius 2 is 1.95 bits per heavy atom. The molecule has 3 N–H and O–H groups in total. The maximum Gasteiger partial charge on any atom is 0.144 e. The molecule has 19 heavy (non-hydrogen) atoms. The number of hydrogen-bond donors (Lipinski definition) is 2. The monoisotopic (exact) mass is 276 g/mol. The summed E-state index contributed by atoms with van der Waals surface area (Å²) in [7, 11) is 0. The lowest BCUT2D eigenvalue weighted by Crippen LogP contribution is -2.05. The number of ether oxygens (including phenoxy) is 1. The minimum Gasteiger partial charge on any atom is -0.492 e. The summed E-state index contributed by atoms with van der Waals surface area (Å²) in [4.78, 5) is 0. The van der Waals surface area contributed by atoms with Gasteiger partial charge in [-0.2, -0.15) is 0 Å². The summed E-state index contributed by atoms with van der Waals surface area (Å²) >= 11 is 6.12. The van der Waals surface area contributed by atoms with Gasteiger partial charge in [0.2, 0.25) is 0 Å². The molecule has 0 fully saturated rings. The van der Waals surface area contributed by atoms with E-state index in [1.54, 1.807) is 0 Å². The molecule has 0 heterocycles. The fourth-order valence-electron chi connectivity index (χ4n) is 1.81. The predicted octanol–water partition coefficient (Wildman–Crippen LogP) is 3.93. The van der Waals surface area contributed by atoms with E-state index in [0.29, 0.717) is 24.6 Å². The summed E-state index contributed by atoms with van der Waals surface area (Å²) in [6.07, 6.45) is 0. The van der Waals surface area contributed by atoms with Crippen molar-refractivity contribution in [1.29, 1.82) is 0 Å². The Kier molecular flexibility index (Phi) is 4.53. The number of hydrogen-bond acceptors (Lipinski definition) is 3. The number of benzene rings is 2. The fourth-order valence-corrected chi connectivity index (χ4v) is 2.01. The van der Waals surface area contributed by atoms with Crippen LogP contribution in [0.1, 0.15) is 12.5 Å². The SMILES string of the molecule is CCOc1cccc(NCc2ccccc2Cl)c1N. The highest BCUT2D eigenvalue weighted by Gasteiger charge is 2.06. The van der Waals surface area contributed by atoms with Crippen LogP contribution in [0.4, 0.5) is 11.4 Å². The molecule has 0 aromatic heterocycles. The van der Waals surface area contributed by atoms with Crippen LogP contribution in [0.3, 0.4) is 0 Å². The van der Waals surface area contributed by atoms with Crippen LogP contribution in [-0.2, 0) is 6.54 Å². The molecule has 0 saturated heterocycles. The molecule has 4 heteroatoms. The Bertz CT molecular complexity index is 558. The van der Waals surface area contributed by atoms with Gasteiger partial charge in [0.15, 0.2) is 0 Å². The van der Waals surface area contributed by atoms with Gasteiger partial charge in [0, 0.05) is 11.6 Å². The van der Waals surface area contributed by atoms with E-state index >= 15 is 0 Å². The van der Waals surface area contributed by atoms with E-state index in [4.69, 9.17) is 22.1 Å². The van der Waals surface area contributed by atoms with Gasteiger partial charge >= 0.3 is 0 Å². The lowest BCUT2D eigenvalue weighted by Gasteiger charge is -2.13. The van der Waals surface area contributed by atoms with Gasteiger partial charge in [-0.1, -0.05) is 35.9 Å². The molecule has 0 atom stereocenters. The van der Waals surface area contributed by atoms with E-state index in [-0.39, 0.29) is 0 Å². The second-order valence-electron chi connectivity index (χ2n) is 4.10.